The Bertz CT molecular complexity index is 833. The molecule has 0 amide bonds. The average molecular weight is 332 g/mol. The van der Waals surface area contributed by atoms with Gasteiger partial charge in [-0.3, -0.25) is 0 Å². The molecular formula is C21H24N4. The van der Waals surface area contributed by atoms with Crippen LogP contribution in [0.25, 0.3) is 0 Å². The summed E-state index contributed by atoms with van der Waals surface area (Å²) in [5, 5.41) is 8.00. The largest absolute Gasteiger partial charge is 0.348 e. The van der Waals surface area contributed by atoms with Crippen molar-refractivity contribution in [1.82, 2.24) is 14.8 Å². The molecular weight excluding hydrogens is 308 g/mol. The molecule has 0 spiro atoms. The Kier molecular flexibility index (Phi) is 4.26. The Morgan fingerprint density at radius 2 is 1.52 bits per heavy atom. The van der Waals surface area contributed by atoms with Gasteiger partial charge in [0.25, 0.3) is 0 Å². The third-order valence-electron chi connectivity index (χ3n) is 5.19. The van der Waals surface area contributed by atoms with Crippen LogP contribution in [0.15, 0.2) is 54.9 Å². The van der Waals surface area contributed by atoms with E-state index in [1.165, 1.54) is 22.3 Å². The summed E-state index contributed by atoms with van der Waals surface area (Å²) in [5.41, 5.74) is 5.33. The number of aromatic nitrogens is 3. The Hall–Kier alpha value is -2.62. The van der Waals surface area contributed by atoms with Gasteiger partial charge in [0.05, 0.1) is 12.1 Å². The van der Waals surface area contributed by atoms with Gasteiger partial charge in [0.1, 0.15) is 6.33 Å². The summed E-state index contributed by atoms with van der Waals surface area (Å²) in [6.07, 6.45) is 4.73. The standard InChI is InChI=1S/C21H24N4/c1-3-15-5-9-17(10-6-15)19-13-20(25-21(24-19)22-14-23-25)18-11-7-16(4-2)8-12-18/h5-12,14,19-20H,3-4,13H2,1-2H3,(H,22,23,24)/t19-,20+/m0/s1. The fourth-order valence-electron chi connectivity index (χ4n) is 3.58. The van der Waals surface area contributed by atoms with Crippen molar-refractivity contribution >= 4 is 5.95 Å². The van der Waals surface area contributed by atoms with E-state index in [0.717, 1.165) is 25.2 Å². The van der Waals surface area contributed by atoms with E-state index >= 15 is 0 Å². The Balaban J connectivity index is 1.66. The first kappa shape index (κ1) is 15.9. The predicted molar refractivity (Wildman–Crippen MR) is 101 cm³/mol. The lowest BCUT2D eigenvalue weighted by Gasteiger charge is -2.32. The zero-order chi connectivity index (χ0) is 17.2. The maximum Gasteiger partial charge on any atom is 0.222 e. The van der Waals surface area contributed by atoms with Crippen molar-refractivity contribution in [3.8, 4) is 0 Å². The van der Waals surface area contributed by atoms with Crippen LogP contribution in [-0.4, -0.2) is 14.8 Å². The molecule has 1 aromatic heterocycles. The second-order valence-electron chi connectivity index (χ2n) is 6.67. The number of aryl methyl sites for hydroxylation is 2. The van der Waals surface area contributed by atoms with Gasteiger partial charge in [-0.05, 0) is 41.5 Å². The first-order valence-corrected chi connectivity index (χ1v) is 9.12. The molecule has 0 bridgehead atoms. The molecule has 3 aromatic rings. The van der Waals surface area contributed by atoms with Crippen LogP contribution in [0.3, 0.4) is 0 Å². The smallest absolute Gasteiger partial charge is 0.222 e. The fourth-order valence-corrected chi connectivity index (χ4v) is 3.58. The Labute approximate surface area is 148 Å². The fraction of sp³-hybridized carbons (Fsp3) is 0.333. The van der Waals surface area contributed by atoms with Crippen LogP contribution >= 0.6 is 0 Å². The second-order valence-corrected chi connectivity index (χ2v) is 6.67. The van der Waals surface area contributed by atoms with Crippen LogP contribution in [0.5, 0.6) is 0 Å². The van der Waals surface area contributed by atoms with Gasteiger partial charge < -0.3 is 5.32 Å². The molecule has 2 aromatic carbocycles. The minimum absolute atomic E-state index is 0.209. The van der Waals surface area contributed by atoms with Crippen molar-refractivity contribution in [3.63, 3.8) is 0 Å². The highest BCUT2D eigenvalue weighted by atomic mass is 15.4. The molecule has 4 nitrogen and oxygen atoms in total. The van der Waals surface area contributed by atoms with Gasteiger partial charge in [-0.15, -0.1) is 0 Å². The maximum atomic E-state index is 4.46. The van der Waals surface area contributed by atoms with Crippen LogP contribution in [-0.2, 0) is 12.8 Å². The number of rotatable bonds is 4. The van der Waals surface area contributed by atoms with E-state index in [0.29, 0.717) is 0 Å². The van der Waals surface area contributed by atoms with Gasteiger partial charge >= 0.3 is 0 Å². The highest BCUT2D eigenvalue weighted by Crippen LogP contribution is 2.37. The summed E-state index contributed by atoms with van der Waals surface area (Å²) >= 11 is 0. The lowest BCUT2D eigenvalue weighted by molar-refractivity contribution is 0.431. The van der Waals surface area contributed by atoms with Crippen LogP contribution in [0.2, 0.25) is 0 Å². The summed E-state index contributed by atoms with van der Waals surface area (Å²) in [6, 6.07) is 18.3. The van der Waals surface area contributed by atoms with Crippen molar-refractivity contribution < 1.29 is 0 Å². The number of hydrogen-bond donors (Lipinski definition) is 1. The van der Waals surface area contributed by atoms with Gasteiger partial charge in [0.2, 0.25) is 5.95 Å². The number of nitrogens with one attached hydrogen (secondary N) is 1. The van der Waals surface area contributed by atoms with Crippen LogP contribution in [0.4, 0.5) is 5.95 Å². The quantitative estimate of drug-likeness (QED) is 0.762. The first-order chi connectivity index (χ1) is 12.3. The number of fused-ring (bicyclic) bond motifs is 1. The molecule has 4 rings (SSSR count). The summed E-state index contributed by atoms with van der Waals surface area (Å²) < 4.78 is 2.01. The second kappa shape index (κ2) is 6.71. The van der Waals surface area contributed by atoms with Crippen molar-refractivity contribution in [3.05, 3.63) is 77.1 Å². The van der Waals surface area contributed by atoms with Crippen LogP contribution < -0.4 is 5.32 Å². The molecule has 4 heteroatoms. The molecule has 25 heavy (non-hydrogen) atoms. The minimum atomic E-state index is 0.209. The van der Waals surface area contributed by atoms with E-state index in [1.807, 2.05) is 4.68 Å². The monoisotopic (exact) mass is 332 g/mol. The molecule has 0 fully saturated rings. The van der Waals surface area contributed by atoms with Crippen LogP contribution in [0.1, 0.15) is 54.6 Å². The molecule has 2 heterocycles. The lowest BCUT2D eigenvalue weighted by atomic mass is 9.92. The summed E-state index contributed by atoms with van der Waals surface area (Å²) in [6.45, 7) is 4.37. The van der Waals surface area contributed by atoms with Crippen molar-refractivity contribution in [2.45, 2.75) is 45.2 Å². The molecule has 0 saturated heterocycles. The zero-order valence-electron chi connectivity index (χ0n) is 14.8. The first-order valence-electron chi connectivity index (χ1n) is 9.12. The number of benzene rings is 2. The average Bonchev–Trinajstić information content (AvgIpc) is 3.16. The highest BCUT2D eigenvalue weighted by molar-refractivity contribution is 5.39. The molecule has 0 saturated carbocycles. The van der Waals surface area contributed by atoms with E-state index in [2.05, 4.69) is 77.8 Å². The van der Waals surface area contributed by atoms with E-state index < -0.39 is 0 Å². The van der Waals surface area contributed by atoms with E-state index in [9.17, 15) is 0 Å². The van der Waals surface area contributed by atoms with E-state index in [1.54, 1.807) is 6.33 Å². The number of nitrogens with zero attached hydrogens (tertiary/aromatic N) is 3. The Morgan fingerprint density at radius 1 is 0.920 bits per heavy atom. The maximum absolute atomic E-state index is 4.46. The predicted octanol–water partition coefficient (Wildman–Crippen LogP) is 4.55. The van der Waals surface area contributed by atoms with E-state index in [-0.39, 0.29) is 12.1 Å². The summed E-state index contributed by atoms with van der Waals surface area (Å²) in [4.78, 5) is 4.42. The van der Waals surface area contributed by atoms with Crippen molar-refractivity contribution in [2.75, 3.05) is 5.32 Å². The summed E-state index contributed by atoms with van der Waals surface area (Å²) in [7, 11) is 0. The molecule has 0 aliphatic carbocycles. The SMILES string of the molecule is CCc1ccc([C@@H]2C[C@H](c3ccc(CC)cc3)n3ncnc3N2)cc1. The minimum Gasteiger partial charge on any atom is -0.348 e. The highest BCUT2D eigenvalue weighted by Gasteiger charge is 2.29. The normalized spacial score (nSPS) is 19.3. The lowest BCUT2D eigenvalue weighted by Crippen LogP contribution is -2.28. The van der Waals surface area contributed by atoms with Crippen molar-refractivity contribution in [2.24, 2.45) is 0 Å². The number of hydrogen-bond acceptors (Lipinski definition) is 3. The summed E-state index contributed by atoms with van der Waals surface area (Å²) in [5.74, 6) is 0.848. The molecule has 2 atom stereocenters. The molecule has 0 unspecified atom stereocenters. The van der Waals surface area contributed by atoms with Gasteiger partial charge in [-0.2, -0.15) is 10.1 Å². The van der Waals surface area contributed by atoms with E-state index in [4.69, 9.17) is 0 Å². The third kappa shape index (κ3) is 3.04. The van der Waals surface area contributed by atoms with Gasteiger partial charge in [-0.1, -0.05) is 62.4 Å². The van der Waals surface area contributed by atoms with Gasteiger partial charge in [0.15, 0.2) is 0 Å². The number of anilines is 1. The molecule has 128 valence electrons. The zero-order valence-corrected chi connectivity index (χ0v) is 14.8. The molecule has 0 radical (unpaired) electrons. The van der Waals surface area contributed by atoms with Gasteiger partial charge in [0, 0.05) is 0 Å². The third-order valence-corrected chi connectivity index (χ3v) is 5.19. The molecule has 1 aliphatic heterocycles. The molecule has 1 aliphatic rings. The van der Waals surface area contributed by atoms with Crippen molar-refractivity contribution in [1.29, 1.82) is 0 Å². The Morgan fingerprint density at radius 3 is 2.12 bits per heavy atom. The molecule has 1 N–H and O–H groups in total. The van der Waals surface area contributed by atoms with Gasteiger partial charge in [-0.25, -0.2) is 4.68 Å². The van der Waals surface area contributed by atoms with Crippen LogP contribution in [0, 0.1) is 0 Å². The topological polar surface area (TPSA) is 42.7 Å².